The lowest BCUT2D eigenvalue weighted by Crippen LogP contribution is -2.41. The standard InChI is InChI=1S/C20H23ClN2O3S/c1-15-5-7-19(8-6-15)22-20(24)17-9-11-23(12-10-17)27(25,26)14-16-3-2-4-18(21)13-16/h2-8,13,17H,9-12,14H2,1H3,(H,22,24). The number of carbonyl (C=O) groups is 1. The molecule has 0 bridgehead atoms. The predicted molar refractivity (Wildman–Crippen MR) is 108 cm³/mol. The normalized spacial score (nSPS) is 16.2. The SMILES string of the molecule is Cc1ccc(NC(=O)C2CCN(S(=O)(=O)Cc3cccc(Cl)c3)CC2)cc1. The fourth-order valence-corrected chi connectivity index (χ4v) is 4.97. The molecule has 0 aliphatic carbocycles. The van der Waals surface area contributed by atoms with Gasteiger partial charge in [0.25, 0.3) is 0 Å². The van der Waals surface area contributed by atoms with Crippen molar-refractivity contribution < 1.29 is 13.2 Å². The van der Waals surface area contributed by atoms with Gasteiger partial charge < -0.3 is 5.32 Å². The van der Waals surface area contributed by atoms with Gasteiger partial charge in [0.15, 0.2) is 0 Å². The number of rotatable bonds is 5. The number of sulfonamides is 1. The lowest BCUT2D eigenvalue weighted by Gasteiger charge is -2.30. The first kappa shape index (κ1) is 19.9. The van der Waals surface area contributed by atoms with Crippen LogP contribution >= 0.6 is 11.6 Å². The number of hydrogen-bond acceptors (Lipinski definition) is 3. The third kappa shape index (κ3) is 5.31. The summed E-state index contributed by atoms with van der Waals surface area (Å²) in [6.45, 7) is 2.70. The molecule has 1 N–H and O–H groups in total. The molecular formula is C20H23ClN2O3S. The van der Waals surface area contributed by atoms with Gasteiger partial charge in [0.05, 0.1) is 5.75 Å². The van der Waals surface area contributed by atoms with Crippen molar-refractivity contribution in [3.8, 4) is 0 Å². The molecule has 0 saturated carbocycles. The van der Waals surface area contributed by atoms with Crippen LogP contribution in [0, 0.1) is 12.8 Å². The minimum Gasteiger partial charge on any atom is -0.326 e. The Morgan fingerprint density at radius 2 is 1.81 bits per heavy atom. The van der Waals surface area contributed by atoms with Gasteiger partial charge in [-0.3, -0.25) is 4.79 Å². The summed E-state index contributed by atoms with van der Waals surface area (Å²) in [5, 5.41) is 3.44. The van der Waals surface area contributed by atoms with Crippen molar-refractivity contribution in [2.24, 2.45) is 5.92 Å². The highest BCUT2D eigenvalue weighted by molar-refractivity contribution is 7.88. The molecule has 27 heavy (non-hydrogen) atoms. The van der Waals surface area contributed by atoms with E-state index in [0.29, 0.717) is 36.5 Å². The predicted octanol–water partition coefficient (Wildman–Crippen LogP) is 3.83. The van der Waals surface area contributed by atoms with Crippen molar-refractivity contribution in [2.75, 3.05) is 18.4 Å². The topological polar surface area (TPSA) is 66.5 Å². The van der Waals surface area contributed by atoms with Crippen molar-refractivity contribution in [2.45, 2.75) is 25.5 Å². The monoisotopic (exact) mass is 406 g/mol. The summed E-state index contributed by atoms with van der Waals surface area (Å²) in [6.07, 6.45) is 1.04. The van der Waals surface area contributed by atoms with E-state index in [2.05, 4.69) is 5.32 Å². The third-order valence-corrected chi connectivity index (χ3v) is 6.86. The Balaban J connectivity index is 1.56. The van der Waals surface area contributed by atoms with E-state index in [1.54, 1.807) is 24.3 Å². The maximum atomic E-state index is 12.6. The molecule has 1 amide bonds. The average Bonchev–Trinajstić information content (AvgIpc) is 2.63. The van der Waals surface area contributed by atoms with Gasteiger partial charge in [0, 0.05) is 29.7 Å². The number of nitrogens with zero attached hydrogens (tertiary/aromatic N) is 1. The number of carbonyl (C=O) groups excluding carboxylic acids is 1. The Morgan fingerprint density at radius 1 is 1.15 bits per heavy atom. The van der Waals surface area contributed by atoms with Gasteiger partial charge in [0.1, 0.15) is 0 Å². The quantitative estimate of drug-likeness (QED) is 0.820. The van der Waals surface area contributed by atoms with Crippen molar-refractivity contribution in [3.05, 3.63) is 64.7 Å². The van der Waals surface area contributed by atoms with E-state index in [-0.39, 0.29) is 17.6 Å². The highest BCUT2D eigenvalue weighted by Crippen LogP contribution is 2.24. The average molecular weight is 407 g/mol. The molecular weight excluding hydrogens is 384 g/mol. The molecule has 0 spiro atoms. The molecule has 5 nitrogen and oxygen atoms in total. The summed E-state index contributed by atoms with van der Waals surface area (Å²) in [5.74, 6) is -0.303. The summed E-state index contributed by atoms with van der Waals surface area (Å²) in [6, 6.07) is 14.5. The third-order valence-electron chi connectivity index (χ3n) is 4.78. The van der Waals surface area contributed by atoms with E-state index < -0.39 is 10.0 Å². The molecule has 0 radical (unpaired) electrons. The molecule has 0 atom stereocenters. The Bertz CT molecular complexity index is 905. The van der Waals surface area contributed by atoms with E-state index in [4.69, 9.17) is 11.6 Å². The van der Waals surface area contributed by atoms with Crippen LogP contribution in [0.3, 0.4) is 0 Å². The molecule has 1 aliphatic heterocycles. The molecule has 0 unspecified atom stereocenters. The Morgan fingerprint density at radius 3 is 2.44 bits per heavy atom. The number of halogens is 1. The lowest BCUT2D eigenvalue weighted by atomic mass is 9.97. The number of amides is 1. The summed E-state index contributed by atoms with van der Waals surface area (Å²) >= 11 is 5.94. The van der Waals surface area contributed by atoms with Crippen LogP contribution in [0.25, 0.3) is 0 Å². The molecule has 2 aromatic carbocycles. The van der Waals surface area contributed by atoms with Crippen LogP contribution in [0.5, 0.6) is 0 Å². The van der Waals surface area contributed by atoms with E-state index in [1.807, 2.05) is 31.2 Å². The van der Waals surface area contributed by atoms with Crippen molar-refractivity contribution in [1.82, 2.24) is 4.31 Å². The second kappa shape index (κ2) is 8.42. The van der Waals surface area contributed by atoms with Crippen LogP contribution in [0.1, 0.15) is 24.0 Å². The minimum atomic E-state index is -3.42. The molecule has 1 saturated heterocycles. The van der Waals surface area contributed by atoms with E-state index >= 15 is 0 Å². The van der Waals surface area contributed by atoms with Gasteiger partial charge in [-0.1, -0.05) is 41.4 Å². The number of hydrogen-bond donors (Lipinski definition) is 1. The highest BCUT2D eigenvalue weighted by atomic mass is 35.5. The van der Waals surface area contributed by atoms with Crippen LogP contribution in [0.4, 0.5) is 5.69 Å². The minimum absolute atomic E-state index is 0.0502. The number of aryl methyl sites for hydroxylation is 1. The zero-order chi connectivity index (χ0) is 19.4. The van der Waals surface area contributed by atoms with Gasteiger partial charge in [-0.05, 0) is 49.6 Å². The molecule has 1 aliphatic rings. The molecule has 0 aromatic heterocycles. The van der Waals surface area contributed by atoms with Crippen LogP contribution < -0.4 is 5.32 Å². The second-order valence-electron chi connectivity index (χ2n) is 6.91. The molecule has 3 rings (SSSR count). The number of benzene rings is 2. The summed E-state index contributed by atoms with van der Waals surface area (Å²) < 4.78 is 26.8. The van der Waals surface area contributed by atoms with Crippen molar-refractivity contribution >= 4 is 33.2 Å². The Hall–Kier alpha value is -1.89. The van der Waals surface area contributed by atoms with Gasteiger partial charge in [-0.15, -0.1) is 0 Å². The Labute approximate surface area is 165 Å². The maximum Gasteiger partial charge on any atom is 0.227 e. The molecule has 1 heterocycles. The fraction of sp³-hybridized carbons (Fsp3) is 0.350. The first-order valence-electron chi connectivity index (χ1n) is 8.93. The molecule has 1 fully saturated rings. The number of piperidine rings is 1. The number of anilines is 1. The molecule has 144 valence electrons. The summed E-state index contributed by atoms with van der Waals surface area (Å²) in [5.41, 5.74) is 2.56. The van der Waals surface area contributed by atoms with Gasteiger partial charge in [0.2, 0.25) is 15.9 Å². The van der Waals surface area contributed by atoms with Crippen molar-refractivity contribution in [3.63, 3.8) is 0 Å². The second-order valence-corrected chi connectivity index (χ2v) is 9.32. The van der Waals surface area contributed by atoms with Gasteiger partial charge >= 0.3 is 0 Å². The smallest absolute Gasteiger partial charge is 0.227 e. The molecule has 2 aromatic rings. The fourth-order valence-electron chi connectivity index (χ4n) is 3.21. The summed E-state index contributed by atoms with van der Waals surface area (Å²) in [7, 11) is -3.42. The van der Waals surface area contributed by atoms with E-state index in [0.717, 1.165) is 11.3 Å². The molecule has 7 heteroatoms. The van der Waals surface area contributed by atoms with Gasteiger partial charge in [-0.2, -0.15) is 0 Å². The first-order chi connectivity index (χ1) is 12.8. The zero-order valence-electron chi connectivity index (χ0n) is 15.2. The maximum absolute atomic E-state index is 12.6. The first-order valence-corrected chi connectivity index (χ1v) is 10.9. The number of nitrogens with one attached hydrogen (secondary N) is 1. The largest absolute Gasteiger partial charge is 0.326 e. The van der Waals surface area contributed by atoms with Crippen LogP contribution in [0.2, 0.25) is 5.02 Å². The summed E-state index contributed by atoms with van der Waals surface area (Å²) in [4.78, 5) is 12.4. The highest BCUT2D eigenvalue weighted by Gasteiger charge is 2.31. The van der Waals surface area contributed by atoms with Crippen LogP contribution in [-0.4, -0.2) is 31.7 Å². The van der Waals surface area contributed by atoms with Crippen molar-refractivity contribution in [1.29, 1.82) is 0 Å². The van der Waals surface area contributed by atoms with Gasteiger partial charge in [-0.25, -0.2) is 12.7 Å². The van der Waals surface area contributed by atoms with E-state index in [1.165, 1.54) is 4.31 Å². The Kier molecular flexibility index (Phi) is 6.19. The lowest BCUT2D eigenvalue weighted by molar-refractivity contribution is -0.120. The van der Waals surface area contributed by atoms with E-state index in [9.17, 15) is 13.2 Å². The zero-order valence-corrected chi connectivity index (χ0v) is 16.8. The van der Waals surface area contributed by atoms with Crippen LogP contribution in [0.15, 0.2) is 48.5 Å². The van der Waals surface area contributed by atoms with Crippen LogP contribution in [-0.2, 0) is 20.6 Å².